The molecule has 1 heterocycles. The number of benzene rings is 2. The van der Waals surface area contributed by atoms with Gasteiger partial charge in [0.25, 0.3) is 0 Å². The van der Waals surface area contributed by atoms with E-state index < -0.39 is 0 Å². The highest BCUT2D eigenvalue weighted by molar-refractivity contribution is 6.31. The standard InChI is InChI=1S/C23H30ClN3O2/c1-17(21-5-3-4-6-22(21)24)27-23(25-2)26-15-18-7-9-19(10-8-18)16-29-20-11-13-28-14-12-20/h3-10,17,20H,11-16H2,1-2H3,(H2,25,26,27). The largest absolute Gasteiger partial charge is 0.381 e. The van der Waals surface area contributed by atoms with Crippen molar-refractivity contribution in [2.24, 2.45) is 4.99 Å². The average molecular weight is 416 g/mol. The minimum absolute atomic E-state index is 0.0552. The Balaban J connectivity index is 1.46. The van der Waals surface area contributed by atoms with Crippen LogP contribution >= 0.6 is 11.6 Å². The molecule has 1 fully saturated rings. The maximum absolute atomic E-state index is 6.29. The van der Waals surface area contributed by atoms with Gasteiger partial charge in [-0.3, -0.25) is 4.99 Å². The number of halogens is 1. The Kier molecular flexibility index (Phi) is 8.35. The van der Waals surface area contributed by atoms with Crippen LogP contribution in [0.1, 0.15) is 42.5 Å². The Morgan fingerprint density at radius 2 is 1.83 bits per heavy atom. The van der Waals surface area contributed by atoms with Crippen LogP contribution in [0.2, 0.25) is 5.02 Å². The molecule has 2 aromatic carbocycles. The van der Waals surface area contributed by atoms with Crippen LogP contribution < -0.4 is 10.6 Å². The van der Waals surface area contributed by atoms with Crippen molar-refractivity contribution in [3.63, 3.8) is 0 Å². The highest BCUT2D eigenvalue weighted by atomic mass is 35.5. The van der Waals surface area contributed by atoms with Crippen molar-refractivity contribution in [2.75, 3.05) is 20.3 Å². The van der Waals surface area contributed by atoms with E-state index >= 15 is 0 Å². The lowest BCUT2D eigenvalue weighted by Gasteiger charge is -2.22. The molecule has 2 N–H and O–H groups in total. The minimum atomic E-state index is 0.0552. The topological polar surface area (TPSA) is 54.9 Å². The zero-order valence-electron chi connectivity index (χ0n) is 17.2. The first-order valence-electron chi connectivity index (χ1n) is 10.1. The van der Waals surface area contributed by atoms with Crippen LogP contribution in [0, 0.1) is 0 Å². The second-order valence-electron chi connectivity index (χ2n) is 7.25. The normalized spacial score (nSPS) is 16.4. The van der Waals surface area contributed by atoms with Gasteiger partial charge >= 0.3 is 0 Å². The SMILES string of the molecule is CN=C(NCc1ccc(COC2CCOCC2)cc1)NC(C)c1ccccc1Cl. The van der Waals surface area contributed by atoms with Crippen LogP contribution in [0.5, 0.6) is 0 Å². The highest BCUT2D eigenvalue weighted by Crippen LogP contribution is 2.22. The monoisotopic (exact) mass is 415 g/mol. The van der Waals surface area contributed by atoms with Crippen molar-refractivity contribution in [1.29, 1.82) is 0 Å². The van der Waals surface area contributed by atoms with Crippen molar-refractivity contribution in [2.45, 2.75) is 45.1 Å². The van der Waals surface area contributed by atoms with E-state index in [9.17, 15) is 0 Å². The van der Waals surface area contributed by atoms with E-state index in [1.54, 1.807) is 7.05 Å². The molecule has 2 aromatic rings. The Labute approximate surface area is 178 Å². The third kappa shape index (κ3) is 6.74. The lowest BCUT2D eigenvalue weighted by Crippen LogP contribution is -2.38. The summed E-state index contributed by atoms with van der Waals surface area (Å²) < 4.78 is 11.4. The lowest BCUT2D eigenvalue weighted by atomic mass is 10.1. The van der Waals surface area contributed by atoms with E-state index in [1.165, 1.54) is 11.1 Å². The molecule has 0 saturated carbocycles. The molecule has 1 aliphatic rings. The molecule has 1 aliphatic heterocycles. The van der Waals surface area contributed by atoms with Gasteiger partial charge < -0.3 is 20.1 Å². The molecule has 1 saturated heterocycles. The van der Waals surface area contributed by atoms with Crippen molar-refractivity contribution < 1.29 is 9.47 Å². The maximum Gasteiger partial charge on any atom is 0.191 e. The van der Waals surface area contributed by atoms with Crippen molar-refractivity contribution >= 4 is 17.6 Å². The second-order valence-corrected chi connectivity index (χ2v) is 7.66. The number of hydrogen-bond donors (Lipinski definition) is 2. The first-order valence-corrected chi connectivity index (χ1v) is 10.5. The highest BCUT2D eigenvalue weighted by Gasteiger charge is 2.14. The van der Waals surface area contributed by atoms with Crippen molar-refractivity contribution in [3.8, 4) is 0 Å². The fraction of sp³-hybridized carbons (Fsp3) is 0.435. The van der Waals surface area contributed by atoms with Gasteiger partial charge in [-0.15, -0.1) is 0 Å². The van der Waals surface area contributed by atoms with Crippen LogP contribution in [0.4, 0.5) is 0 Å². The minimum Gasteiger partial charge on any atom is -0.381 e. The van der Waals surface area contributed by atoms with Gasteiger partial charge in [-0.05, 0) is 42.5 Å². The number of nitrogens with zero attached hydrogens (tertiary/aromatic N) is 1. The van der Waals surface area contributed by atoms with Crippen LogP contribution in [-0.4, -0.2) is 32.3 Å². The molecule has 1 atom stereocenters. The van der Waals surface area contributed by atoms with Gasteiger partial charge in [0.05, 0.1) is 18.8 Å². The average Bonchev–Trinajstić information content (AvgIpc) is 2.76. The van der Waals surface area contributed by atoms with Crippen molar-refractivity contribution in [3.05, 3.63) is 70.2 Å². The quantitative estimate of drug-likeness (QED) is 0.517. The number of rotatable bonds is 7. The molecule has 1 unspecified atom stereocenters. The number of guanidine groups is 1. The molecule has 0 amide bonds. The Hall–Kier alpha value is -2.08. The smallest absolute Gasteiger partial charge is 0.191 e. The van der Waals surface area contributed by atoms with E-state index in [-0.39, 0.29) is 6.04 Å². The summed E-state index contributed by atoms with van der Waals surface area (Å²) in [7, 11) is 1.77. The number of ether oxygens (including phenoxy) is 2. The Morgan fingerprint density at radius 1 is 1.14 bits per heavy atom. The van der Waals surface area contributed by atoms with E-state index in [0.29, 0.717) is 19.3 Å². The van der Waals surface area contributed by atoms with Gasteiger partial charge in [0.15, 0.2) is 5.96 Å². The van der Waals surface area contributed by atoms with E-state index in [0.717, 1.165) is 42.6 Å². The maximum atomic E-state index is 6.29. The zero-order valence-corrected chi connectivity index (χ0v) is 17.9. The molecule has 29 heavy (non-hydrogen) atoms. The summed E-state index contributed by atoms with van der Waals surface area (Å²) in [6, 6.07) is 16.4. The summed E-state index contributed by atoms with van der Waals surface area (Å²) >= 11 is 6.29. The molecule has 3 rings (SSSR count). The molecule has 0 aromatic heterocycles. The van der Waals surface area contributed by atoms with Crippen LogP contribution in [0.15, 0.2) is 53.5 Å². The Bertz CT molecular complexity index is 789. The predicted molar refractivity (Wildman–Crippen MR) is 118 cm³/mol. The molecular weight excluding hydrogens is 386 g/mol. The fourth-order valence-electron chi connectivity index (χ4n) is 3.30. The summed E-state index contributed by atoms with van der Waals surface area (Å²) in [5, 5.41) is 7.50. The predicted octanol–water partition coefficient (Wildman–Crippen LogP) is 4.46. The van der Waals surface area contributed by atoms with Crippen molar-refractivity contribution in [1.82, 2.24) is 10.6 Å². The van der Waals surface area contributed by atoms with Gasteiger partial charge in [0, 0.05) is 31.8 Å². The summed E-state index contributed by atoms with van der Waals surface area (Å²) in [5.74, 6) is 0.740. The van der Waals surface area contributed by atoms with Crippen LogP contribution in [0.25, 0.3) is 0 Å². The first kappa shape index (κ1) is 21.6. The van der Waals surface area contributed by atoms with Gasteiger partial charge in [0.1, 0.15) is 0 Å². The molecular formula is C23H30ClN3O2. The molecule has 6 heteroatoms. The fourth-order valence-corrected chi connectivity index (χ4v) is 3.60. The molecule has 156 valence electrons. The van der Waals surface area contributed by atoms with Gasteiger partial charge in [-0.25, -0.2) is 0 Å². The van der Waals surface area contributed by atoms with E-state index in [1.807, 2.05) is 24.3 Å². The summed E-state index contributed by atoms with van der Waals surface area (Å²) in [5.41, 5.74) is 3.43. The molecule has 0 radical (unpaired) electrons. The second kappa shape index (κ2) is 11.2. The van der Waals surface area contributed by atoms with Gasteiger partial charge in [0.2, 0.25) is 0 Å². The van der Waals surface area contributed by atoms with Gasteiger partial charge in [-0.1, -0.05) is 54.1 Å². The zero-order chi connectivity index (χ0) is 20.5. The summed E-state index contributed by atoms with van der Waals surface area (Å²) in [4.78, 5) is 4.32. The Morgan fingerprint density at radius 3 is 2.52 bits per heavy atom. The third-order valence-corrected chi connectivity index (χ3v) is 5.43. The van der Waals surface area contributed by atoms with Crippen LogP contribution in [0.3, 0.4) is 0 Å². The third-order valence-electron chi connectivity index (χ3n) is 5.09. The van der Waals surface area contributed by atoms with Crippen LogP contribution in [-0.2, 0) is 22.6 Å². The summed E-state index contributed by atoms with van der Waals surface area (Å²) in [6.07, 6.45) is 2.29. The summed E-state index contributed by atoms with van der Waals surface area (Å²) in [6.45, 7) is 5.02. The number of hydrogen-bond acceptors (Lipinski definition) is 3. The number of aliphatic imine (C=N–C) groups is 1. The molecule has 5 nitrogen and oxygen atoms in total. The first-order chi connectivity index (χ1) is 14.2. The van der Waals surface area contributed by atoms with E-state index in [2.05, 4.69) is 46.8 Å². The van der Waals surface area contributed by atoms with E-state index in [4.69, 9.17) is 21.1 Å². The van der Waals surface area contributed by atoms with Gasteiger partial charge in [-0.2, -0.15) is 0 Å². The number of nitrogens with one attached hydrogen (secondary N) is 2. The lowest BCUT2D eigenvalue weighted by molar-refractivity contribution is -0.0390. The molecule has 0 aliphatic carbocycles. The molecule has 0 spiro atoms. The molecule has 0 bridgehead atoms.